The molecule has 3 N–H and O–H groups in total. The van der Waals surface area contributed by atoms with Gasteiger partial charge < -0.3 is 20.9 Å². The Kier molecular flexibility index (Phi) is 7.17. The summed E-state index contributed by atoms with van der Waals surface area (Å²) in [5, 5.41) is 20.6. The molecular formula is C25H33BrN8. The largest absolute Gasteiger partial charge is 0.384 e. The lowest BCUT2D eigenvalue weighted by Crippen LogP contribution is -2.35. The lowest BCUT2D eigenvalue weighted by molar-refractivity contribution is 0.491. The zero-order valence-corrected chi connectivity index (χ0v) is 22.2. The van der Waals surface area contributed by atoms with Crippen LogP contribution in [-0.4, -0.2) is 48.8 Å². The van der Waals surface area contributed by atoms with Gasteiger partial charge in [0.15, 0.2) is 5.65 Å². The zero-order valence-electron chi connectivity index (χ0n) is 20.6. The minimum atomic E-state index is 0.00514. The van der Waals surface area contributed by atoms with Gasteiger partial charge in [0.2, 0.25) is 5.95 Å². The molecule has 0 amide bonds. The minimum Gasteiger partial charge on any atom is -0.384 e. The number of piperidine rings is 1. The molecule has 2 aromatic heterocycles. The number of hydrogen-bond donors (Lipinski definition) is 3. The van der Waals surface area contributed by atoms with Crippen molar-refractivity contribution in [2.45, 2.75) is 39.5 Å². The summed E-state index contributed by atoms with van der Waals surface area (Å²) in [5.74, 6) is 2.38. The van der Waals surface area contributed by atoms with E-state index in [9.17, 15) is 5.26 Å². The van der Waals surface area contributed by atoms with Crippen LogP contribution in [0.3, 0.4) is 0 Å². The molecule has 1 aromatic carbocycles. The Labute approximate surface area is 209 Å². The summed E-state index contributed by atoms with van der Waals surface area (Å²) in [5.41, 5.74) is 5.45. The molecule has 34 heavy (non-hydrogen) atoms. The third kappa shape index (κ3) is 4.05. The molecule has 1 atom stereocenters. The normalized spacial score (nSPS) is 15.9. The molecule has 0 radical (unpaired) electrons. The Balaban J connectivity index is 2.11. The van der Waals surface area contributed by atoms with E-state index in [1.807, 2.05) is 21.1 Å². The van der Waals surface area contributed by atoms with Gasteiger partial charge in [-0.05, 0) is 48.9 Å². The van der Waals surface area contributed by atoms with Crippen molar-refractivity contribution in [1.29, 1.82) is 5.26 Å². The molecule has 8 nitrogen and oxygen atoms in total. The number of hydrogen-bond acceptors (Lipinski definition) is 7. The molecule has 4 rings (SSSR count). The maximum Gasteiger partial charge on any atom is 0.226 e. The Morgan fingerprint density at radius 3 is 2.35 bits per heavy atom. The molecule has 0 saturated carbocycles. The summed E-state index contributed by atoms with van der Waals surface area (Å²) in [4.78, 5) is 12.1. The maximum absolute atomic E-state index is 9.59. The van der Waals surface area contributed by atoms with Crippen LogP contribution in [0.15, 0.2) is 16.6 Å². The van der Waals surface area contributed by atoms with Crippen molar-refractivity contribution >= 4 is 50.2 Å². The predicted octanol–water partition coefficient (Wildman–Crippen LogP) is 5.17. The van der Waals surface area contributed by atoms with Crippen molar-refractivity contribution in [2.24, 2.45) is 5.92 Å². The van der Waals surface area contributed by atoms with Gasteiger partial charge in [0, 0.05) is 38.7 Å². The van der Waals surface area contributed by atoms with Gasteiger partial charge in [0.05, 0.1) is 28.7 Å². The highest BCUT2D eigenvalue weighted by Crippen LogP contribution is 2.44. The summed E-state index contributed by atoms with van der Waals surface area (Å²) in [6.45, 7) is 5.91. The average molecular weight is 525 g/mol. The van der Waals surface area contributed by atoms with Crippen LogP contribution in [0.2, 0.25) is 0 Å². The Morgan fingerprint density at radius 2 is 1.79 bits per heavy atom. The molecule has 180 valence electrons. The van der Waals surface area contributed by atoms with Crippen molar-refractivity contribution < 1.29 is 0 Å². The molecule has 0 spiro atoms. The summed E-state index contributed by atoms with van der Waals surface area (Å²) >= 11 is 3.70. The number of anilines is 4. The first-order valence-electron chi connectivity index (χ1n) is 12.0. The minimum absolute atomic E-state index is 0.00514. The fourth-order valence-corrected chi connectivity index (χ4v) is 5.57. The summed E-state index contributed by atoms with van der Waals surface area (Å²) in [6.07, 6.45) is 3.69. The van der Waals surface area contributed by atoms with E-state index in [-0.39, 0.29) is 5.92 Å². The van der Waals surface area contributed by atoms with E-state index < -0.39 is 0 Å². The van der Waals surface area contributed by atoms with E-state index in [0.29, 0.717) is 12.5 Å². The number of fused-ring (bicyclic) bond motifs is 1. The molecule has 9 heteroatoms. The van der Waals surface area contributed by atoms with E-state index in [0.717, 1.165) is 70.7 Å². The summed E-state index contributed by atoms with van der Waals surface area (Å²) < 4.78 is 3.33. The van der Waals surface area contributed by atoms with Crippen molar-refractivity contribution in [3.05, 3.63) is 27.7 Å². The van der Waals surface area contributed by atoms with Crippen molar-refractivity contribution in [3.8, 4) is 11.8 Å². The number of rotatable bonds is 7. The summed E-state index contributed by atoms with van der Waals surface area (Å²) in [7, 11) is 5.73. The standard InChI is InChI=1S/C25H33BrN8/c1-6-16-11-18(26)12-17(7-2)21(16)34-23-19(20(28-3)24(34)29-4)22(31-25(30-5)32-23)33-10-8-9-15(13-27)14-33/h11-12,15,28-29H,6-10,14H2,1-5H3,(H,30,31,32). The average Bonchev–Trinajstić information content (AvgIpc) is 3.20. The van der Waals surface area contributed by atoms with E-state index in [1.54, 1.807) is 0 Å². The third-order valence-corrected chi connectivity index (χ3v) is 7.08. The van der Waals surface area contributed by atoms with Crippen LogP contribution < -0.4 is 20.9 Å². The highest BCUT2D eigenvalue weighted by Gasteiger charge is 2.29. The van der Waals surface area contributed by atoms with Crippen LogP contribution in [0.25, 0.3) is 16.7 Å². The number of aryl methyl sites for hydroxylation is 2. The van der Waals surface area contributed by atoms with E-state index >= 15 is 0 Å². The number of benzene rings is 1. The fourth-order valence-electron chi connectivity index (χ4n) is 5.02. The topological polar surface area (TPSA) is 93.8 Å². The lowest BCUT2D eigenvalue weighted by Gasteiger charge is -2.31. The van der Waals surface area contributed by atoms with E-state index in [4.69, 9.17) is 9.97 Å². The molecule has 3 heterocycles. The Bertz CT molecular complexity index is 1220. The van der Waals surface area contributed by atoms with Gasteiger partial charge in [0.25, 0.3) is 0 Å². The third-order valence-electron chi connectivity index (χ3n) is 6.62. The molecular weight excluding hydrogens is 492 g/mol. The lowest BCUT2D eigenvalue weighted by atomic mass is 9.99. The highest BCUT2D eigenvalue weighted by atomic mass is 79.9. The van der Waals surface area contributed by atoms with Gasteiger partial charge in [0.1, 0.15) is 11.6 Å². The number of nitriles is 1. The van der Waals surface area contributed by atoms with Crippen LogP contribution in [0.1, 0.15) is 37.8 Å². The molecule has 1 aliphatic rings. The van der Waals surface area contributed by atoms with E-state index in [1.165, 1.54) is 11.1 Å². The monoisotopic (exact) mass is 524 g/mol. The summed E-state index contributed by atoms with van der Waals surface area (Å²) in [6, 6.07) is 6.85. The first-order valence-corrected chi connectivity index (χ1v) is 12.8. The number of halogens is 1. The second-order valence-electron chi connectivity index (χ2n) is 8.57. The highest BCUT2D eigenvalue weighted by molar-refractivity contribution is 9.10. The van der Waals surface area contributed by atoms with Crippen LogP contribution in [0, 0.1) is 17.2 Å². The van der Waals surface area contributed by atoms with Gasteiger partial charge >= 0.3 is 0 Å². The van der Waals surface area contributed by atoms with Gasteiger partial charge in [-0.1, -0.05) is 29.8 Å². The van der Waals surface area contributed by atoms with Crippen LogP contribution in [0.5, 0.6) is 0 Å². The molecule has 1 fully saturated rings. The first kappa shape index (κ1) is 24.1. The Morgan fingerprint density at radius 1 is 1.09 bits per heavy atom. The predicted molar refractivity (Wildman–Crippen MR) is 145 cm³/mol. The van der Waals surface area contributed by atoms with Gasteiger partial charge in [-0.25, -0.2) is 0 Å². The second kappa shape index (κ2) is 10.1. The molecule has 3 aromatic rings. The Hall–Kier alpha value is -2.99. The quantitative estimate of drug-likeness (QED) is 0.392. The van der Waals surface area contributed by atoms with Crippen LogP contribution in [0.4, 0.5) is 23.3 Å². The molecule has 0 aliphatic carbocycles. The number of nitrogens with zero attached hydrogens (tertiary/aromatic N) is 5. The van der Waals surface area contributed by atoms with Gasteiger partial charge in [-0.3, -0.25) is 4.57 Å². The molecule has 0 bridgehead atoms. The fraction of sp³-hybridized carbons (Fsp3) is 0.480. The zero-order chi connectivity index (χ0) is 24.4. The molecule has 1 aliphatic heterocycles. The van der Waals surface area contributed by atoms with E-state index in [2.05, 4.69) is 73.4 Å². The molecule has 1 unspecified atom stereocenters. The smallest absolute Gasteiger partial charge is 0.226 e. The SMILES string of the molecule is CCc1cc(Br)cc(CC)c1-n1c(NC)c(NC)c2c(N3CCCC(C#N)C3)nc(NC)nc21. The first-order chi connectivity index (χ1) is 16.5. The van der Waals surface area contributed by atoms with Crippen molar-refractivity contribution in [3.63, 3.8) is 0 Å². The van der Waals surface area contributed by atoms with Crippen LogP contribution >= 0.6 is 15.9 Å². The van der Waals surface area contributed by atoms with Crippen molar-refractivity contribution in [2.75, 3.05) is 55.1 Å². The number of aromatic nitrogens is 3. The maximum atomic E-state index is 9.59. The van der Waals surface area contributed by atoms with Gasteiger partial charge in [-0.15, -0.1) is 0 Å². The second-order valence-corrected chi connectivity index (χ2v) is 9.49. The van der Waals surface area contributed by atoms with Crippen molar-refractivity contribution in [1.82, 2.24) is 14.5 Å². The van der Waals surface area contributed by atoms with Crippen LogP contribution in [-0.2, 0) is 12.8 Å². The van der Waals surface area contributed by atoms with Gasteiger partial charge in [-0.2, -0.15) is 15.2 Å². The molecule has 1 saturated heterocycles. The number of nitrogens with one attached hydrogen (secondary N) is 3.